The maximum Gasteiger partial charge on any atom is 2.00 e. The van der Waals surface area contributed by atoms with Crippen molar-refractivity contribution < 1.29 is 69.0 Å². The van der Waals surface area contributed by atoms with Gasteiger partial charge in [-0.2, -0.15) is 0 Å². The van der Waals surface area contributed by atoms with Crippen LogP contribution in [0.1, 0.15) is 0 Å². The largest absolute Gasteiger partial charge is 2.00 e. The van der Waals surface area contributed by atoms with Gasteiger partial charge in [0.25, 0.3) is 0 Å². The maximum atomic E-state index is 12.0. The first-order valence-corrected chi connectivity index (χ1v) is 21.0. The Morgan fingerprint density at radius 1 is 0.351 bits per heavy atom. The van der Waals surface area contributed by atoms with Crippen molar-refractivity contribution >= 4 is 84.6 Å². The van der Waals surface area contributed by atoms with Gasteiger partial charge in [-0.3, -0.25) is 0 Å². The van der Waals surface area contributed by atoms with Gasteiger partial charge in [0, 0.05) is 44.8 Å². The van der Waals surface area contributed by atoms with Crippen molar-refractivity contribution in [3.05, 3.63) is 72.8 Å². The third-order valence-corrected chi connectivity index (χ3v) is 12.1. The van der Waals surface area contributed by atoms with Gasteiger partial charge in [0.2, 0.25) is 0 Å². The van der Waals surface area contributed by atoms with Crippen molar-refractivity contribution in [1.29, 1.82) is 0 Å². The van der Waals surface area contributed by atoms with E-state index in [2.05, 4.69) is 39.9 Å². The van der Waals surface area contributed by atoms with E-state index in [1.54, 1.807) is 0 Å². The van der Waals surface area contributed by atoms with Gasteiger partial charge in [-0.1, -0.05) is 24.3 Å². The second-order valence-electron chi connectivity index (χ2n) is 12.1. The minimum absolute atomic E-state index is 0. The van der Waals surface area contributed by atoms with Crippen molar-refractivity contribution in [2.75, 3.05) is 0 Å². The molecule has 0 spiro atoms. The Labute approximate surface area is 329 Å². The van der Waals surface area contributed by atoms with E-state index in [-0.39, 0.29) is 107 Å². The number of hydrogen-bond acceptors (Lipinski definition) is 18. The molecule has 8 bridgehead atoms. The van der Waals surface area contributed by atoms with Crippen molar-refractivity contribution in [3.63, 3.8) is 0 Å². The quantitative estimate of drug-likeness (QED) is 0.179. The third kappa shape index (κ3) is 6.54. The zero-order chi connectivity index (χ0) is 39.7. The van der Waals surface area contributed by atoms with Crippen molar-refractivity contribution in [3.8, 4) is 45.6 Å². The molecule has 0 saturated carbocycles. The Balaban J connectivity index is 0.00000455. The van der Waals surface area contributed by atoms with Gasteiger partial charge in [0.1, 0.15) is 40.5 Å². The minimum Gasteiger partial charge on any atom is -0.744 e. The molecule has 0 aliphatic carbocycles. The first kappa shape index (κ1) is 38.3. The molecule has 0 N–H and O–H groups in total. The fraction of sp³-hybridized carbons (Fsp3) is 0. The summed E-state index contributed by atoms with van der Waals surface area (Å²) in [6.07, 6.45) is 0. The molecule has 4 aromatic carbocycles. The van der Waals surface area contributed by atoms with Crippen LogP contribution in [0.2, 0.25) is 0 Å². The zero-order valence-electron chi connectivity index (χ0n) is 27.3. The van der Waals surface area contributed by atoms with Crippen LogP contribution >= 0.6 is 0 Å². The molecular formula is C32H12CuN8O12S4-4. The van der Waals surface area contributed by atoms with Gasteiger partial charge in [-0.15, -0.1) is 0 Å². The Morgan fingerprint density at radius 2 is 0.632 bits per heavy atom. The standard InChI is InChI=1S/C32H16N8O12S4.Cu/c41-53(42,43)13-1-5-17-21(9-13)29-34-25(17)33-26-18-6-2-15(55(47,48)49)11-23(18)31(35-26)40-32-24-12-16(56(50,51)52)4-8-20(24)28(39-32)38-30-22-10-14(54(44,45)46)3-7-19(22)27(36-29)37-30;/h1-12H,(H4-2,33,34,35,36,37,38,39,40,41,42,43,44,45,46,47,48,49,50,51,52);/q-2;+2/p-4. The van der Waals surface area contributed by atoms with E-state index in [4.69, 9.17) is 0 Å². The van der Waals surface area contributed by atoms with Gasteiger partial charge in [-0.25, -0.2) is 43.6 Å². The van der Waals surface area contributed by atoms with Crippen LogP contribution in [-0.2, 0) is 57.5 Å². The summed E-state index contributed by atoms with van der Waals surface area (Å²) in [6, 6.07) is 12.8. The molecule has 7 aromatic rings. The Kier molecular flexibility index (Phi) is 8.53. The van der Waals surface area contributed by atoms with Crippen LogP contribution in [0.15, 0.2) is 92.4 Å². The van der Waals surface area contributed by atoms with Crippen LogP contribution in [0.5, 0.6) is 0 Å². The fourth-order valence-electron chi connectivity index (χ4n) is 6.20. The van der Waals surface area contributed by atoms with E-state index < -0.39 is 60.1 Å². The van der Waals surface area contributed by atoms with E-state index in [0.29, 0.717) is 0 Å². The minimum atomic E-state index is -5.03. The number of benzene rings is 4. The number of nitrogens with zero attached hydrogens (tertiary/aromatic N) is 8. The number of hydrogen-bond donors (Lipinski definition) is 0. The average Bonchev–Trinajstić information content (AvgIpc) is 3.84. The molecule has 9 rings (SSSR count). The van der Waals surface area contributed by atoms with Crippen molar-refractivity contribution in [1.82, 2.24) is 39.9 Å². The number of fused-ring (bicyclic) bond motifs is 20. The smallest absolute Gasteiger partial charge is 0.744 e. The number of rotatable bonds is 4. The molecular weight excluding hydrogens is 880 g/mol. The molecule has 5 heterocycles. The molecule has 57 heavy (non-hydrogen) atoms. The van der Waals surface area contributed by atoms with E-state index in [9.17, 15) is 51.9 Å². The van der Waals surface area contributed by atoms with Crippen LogP contribution in [-0.4, -0.2) is 81.8 Å². The van der Waals surface area contributed by atoms with Gasteiger partial charge >= 0.3 is 17.1 Å². The summed E-state index contributed by atoms with van der Waals surface area (Å²) >= 11 is 0. The van der Waals surface area contributed by atoms with Crippen LogP contribution < -0.4 is 9.97 Å². The molecule has 0 saturated heterocycles. The van der Waals surface area contributed by atoms with Gasteiger partial charge in [0.15, 0.2) is 0 Å². The second kappa shape index (κ2) is 12.7. The van der Waals surface area contributed by atoms with E-state index in [0.717, 1.165) is 48.5 Å². The molecule has 20 nitrogen and oxygen atoms in total. The van der Waals surface area contributed by atoms with Gasteiger partial charge < -0.3 is 48.1 Å². The summed E-state index contributed by atoms with van der Waals surface area (Å²) in [5, 5.41) is 0.169. The molecule has 2 aliphatic heterocycles. The monoisotopic (exact) mass is 891 g/mol. The molecule has 3 aromatic heterocycles. The maximum absolute atomic E-state index is 12.0. The average molecular weight is 892 g/mol. The second-order valence-corrected chi connectivity index (χ2v) is 17.6. The summed E-state index contributed by atoms with van der Waals surface area (Å²) in [5.41, 5.74) is -0.712. The molecule has 0 fully saturated rings. The van der Waals surface area contributed by atoms with E-state index >= 15 is 0 Å². The molecule has 1 radical (unpaired) electrons. The predicted molar refractivity (Wildman–Crippen MR) is 186 cm³/mol. The summed E-state index contributed by atoms with van der Waals surface area (Å²) in [7, 11) is -20.1. The Morgan fingerprint density at radius 3 is 0.965 bits per heavy atom. The third-order valence-electron chi connectivity index (χ3n) is 8.74. The molecule has 291 valence electrons. The van der Waals surface area contributed by atoms with E-state index in [1.807, 2.05) is 0 Å². The van der Waals surface area contributed by atoms with Gasteiger partial charge in [0.05, 0.1) is 42.9 Å². The topological polar surface area (TPSA) is 334 Å². The van der Waals surface area contributed by atoms with E-state index in [1.165, 1.54) is 24.3 Å². The first-order valence-electron chi connectivity index (χ1n) is 15.3. The normalized spacial score (nSPS) is 13.0. The summed E-state index contributed by atoms with van der Waals surface area (Å²) < 4.78 is 145. The first-order chi connectivity index (χ1) is 26.2. The molecule has 0 unspecified atom stereocenters. The molecule has 2 aliphatic rings. The Hall–Kier alpha value is -5.60. The Bertz CT molecular complexity index is 3620. The molecule has 0 atom stereocenters. The number of aromatic nitrogens is 8. The SMILES string of the molecule is O=S(=O)([O-])c1ccc2c(c1)-c1nc-2nc2[n-]c(nc3nc(nc4[n-]c(n1)c1ccc(S(=O)(=O)[O-])cc41)-c1cc(S(=O)(=O)[O-])ccc1-3)c1ccc(S(=O)(=O)[O-])cc21.[Cu+2]. The van der Waals surface area contributed by atoms with Crippen LogP contribution in [0.3, 0.4) is 0 Å². The van der Waals surface area contributed by atoms with Crippen LogP contribution in [0.4, 0.5) is 0 Å². The predicted octanol–water partition coefficient (Wildman–Crippen LogP) is 1.74. The summed E-state index contributed by atoms with van der Waals surface area (Å²) in [6.45, 7) is 0. The van der Waals surface area contributed by atoms with Crippen LogP contribution in [0.25, 0.3) is 89.7 Å². The van der Waals surface area contributed by atoms with Crippen LogP contribution in [0, 0.1) is 0 Å². The fourth-order valence-corrected chi connectivity index (χ4v) is 8.19. The summed E-state index contributed by atoms with van der Waals surface area (Å²) in [5.74, 6) is -0.882. The van der Waals surface area contributed by atoms with Gasteiger partial charge in [-0.05, 0) is 70.1 Å². The molecule has 0 amide bonds. The van der Waals surface area contributed by atoms with Crippen molar-refractivity contribution in [2.24, 2.45) is 0 Å². The zero-order valence-corrected chi connectivity index (χ0v) is 31.5. The summed E-state index contributed by atoms with van der Waals surface area (Å²) in [4.78, 5) is 33.1. The molecule has 25 heteroatoms. The van der Waals surface area contributed by atoms with Crippen molar-refractivity contribution in [2.45, 2.75) is 19.6 Å².